The maximum atomic E-state index is 11.5. The Labute approximate surface area is 108 Å². The summed E-state index contributed by atoms with van der Waals surface area (Å²) in [7, 11) is 0. The molecular weight excluding hydrogens is 226 g/mol. The van der Waals surface area contributed by atoms with E-state index in [0.29, 0.717) is 23.2 Å². The number of nitrogens with zero attached hydrogens (tertiary/aromatic N) is 1. The van der Waals surface area contributed by atoms with Crippen molar-refractivity contribution < 1.29 is 4.79 Å². The monoisotopic (exact) mass is 247 g/mol. The molecule has 2 unspecified atom stereocenters. The summed E-state index contributed by atoms with van der Waals surface area (Å²) in [5, 5.41) is 0. The number of primary amides is 1. The molecule has 1 aliphatic heterocycles. The van der Waals surface area contributed by atoms with Crippen molar-refractivity contribution in [1.82, 2.24) is 0 Å². The molecule has 0 saturated carbocycles. The first-order valence-corrected chi connectivity index (χ1v) is 6.45. The summed E-state index contributed by atoms with van der Waals surface area (Å²) >= 11 is 0. The van der Waals surface area contributed by atoms with Crippen molar-refractivity contribution in [2.75, 3.05) is 17.2 Å². The van der Waals surface area contributed by atoms with Gasteiger partial charge in [0.25, 0.3) is 5.91 Å². The molecule has 1 aliphatic rings. The summed E-state index contributed by atoms with van der Waals surface area (Å²) in [6.07, 6.45) is 2.36. The third-order valence-corrected chi connectivity index (χ3v) is 3.71. The van der Waals surface area contributed by atoms with E-state index in [1.165, 1.54) is 6.42 Å². The Kier molecular flexibility index (Phi) is 3.45. The molecule has 1 fully saturated rings. The number of nitrogen functional groups attached to an aromatic ring is 1. The zero-order valence-corrected chi connectivity index (χ0v) is 11.0. The number of rotatable bonds is 2. The maximum Gasteiger partial charge on any atom is 0.250 e. The third-order valence-electron chi connectivity index (χ3n) is 3.71. The number of carbonyl (C=O) groups is 1. The first kappa shape index (κ1) is 12.7. The van der Waals surface area contributed by atoms with E-state index in [1.807, 2.05) is 6.07 Å². The van der Waals surface area contributed by atoms with Crippen molar-refractivity contribution in [1.29, 1.82) is 0 Å². The van der Waals surface area contributed by atoms with E-state index in [2.05, 4.69) is 18.7 Å². The average molecular weight is 247 g/mol. The van der Waals surface area contributed by atoms with Crippen LogP contribution in [0.15, 0.2) is 18.2 Å². The van der Waals surface area contributed by atoms with Gasteiger partial charge in [-0.3, -0.25) is 4.79 Å². The fourth-order valence-corrected chi connectivity index (χ4v) is 2.62. The minimum absolute atomic E-state index is 0.393. The van der Waals surface area contributed by atoms with E-state index in [9.17, 15) is 4.79 Å². The number of benzene rings is 1. The van der Waals surface area contributed by atoms with Crippen molar-refractivity contribution in [2.45, 2.75) is 32.7 Å². The Hall–Kier alpha value is -1.71. The predicted octanol–water partition coefficient (Wildman–Crippen LogP) is 1.99. The van der Waals surface area contributed by atoms with Gasteiger partial charge in [0.05, 0.1) is 11.3 Å². The molecule has 4 nitrogen and oxygen atoms in total. The van der Waals surface area contributed by atoms with E-state index in [0.717, 1.165) is 18.7 Å². The van der Waals surface area contributed by atoms with E-state index < -0.39 is 5.91 Å². The van der Waals surface area contributed by atoms with Crippen LogP contribution in [0, 0.1) is 5.92 Å². The van der Waals surface area contributed by atoms with Gasteiger partial charge in [0, 0.05) is 18.3 Å². The van der Waals surface area contributed by atoms with Gasteiger partial charge in [0.2, 0.25) is 0 Å². The van der Waals surface area contributed by atoms with Gasteiger partial charge in [0.1, 0.15) is 0 Å². The predicted molar refractivity (Wildman–Crippen MR) is 74.6 cm³/mol. The van der Waals surface area contributed by atoms with Gasteiger partial charge in [-0.25, -0.2) is 0 Å². The average Bonchev–Trinajstić information content (AvgIpc) is 2.31. The number of anilines is 2. The number of amides is 1. The van der Waals surface area contributed by atoms with Crippen molar-refractivity contribution in [3.63, 3.8) is 0 Å². The number of hydrogen-bond acceptors (Lipinski definition) is 3. The Morgan fingerprint density at radius 2 is 2.06 bits per heavy atom. The summed E-state index contributed by atoms with van der Waals surface area (Å²) in [6, 6.07) is 5.72. The fraction of sp³-hybridized carbons (Fsp3) is 0.500. The molecule has 0 aliphatic carbocycles. The smallest absolute Gasteiger partial charge is 0.250 e. The van der Waals surface area contributed by atoms with Crippen LogP contribution in [-0.2, 0) is 0 Å². The molecule has 4 heteroatoms. The largest absolute Gasteiger partial charge is 0.399 e. The lowest BCUT2D eigenvalue weighted by atomic mass is 9.93. The molecule has 1 aromatic carbocycles. The topological polar surface area (TPSA) is 72.3 Å². The summed E-state index contributed by atoms with van der Waals surface area (Å²) in [4.78, 5) is 13.8. The van der Waals surface area contributed by atoms with E-state index in [1.54, 1.807) is 12.1 Å². The Balaban J connectivity index is 2.41. The maximum absolute atomic E-state index is 11.5. The standard InChI is InChI=1S/C14H21N3O/c1-9-3-4-10(2)17(8-9)13-7-11(15)5-6-12(13)14(16)18/h5-7,9-10H,3-4,8,15H2,1-2H3,(H2,16,18). The summed E-state index contributed by atoms with van der Waals surface area (Å²) < 4.78 is 0. The minimum atomic E-state index is -0.393. The van der Waals surface area contributed by atoms with Gasteiger partial charge in [0.15, 0.2) is 0 Å². The molecule has 1 heterocycles. The third kappa shape index (κ3) is 2.42. The molecule has 0 radical (unpaired) electrons. The van der Waals surface area contributed by atoms with Crippen molar-refractivity contribution in [3.8, 4) is 0 Å². The van der Waals surface area contributed by atoms with E-state index in [-0.39, 0.29) is 0 Å². The van der Waals surface area contributed by atoms with Crippen LogP contribution >= 0.6 is 0 Å². The van der Waals surface area contributed by atoms with Crippen LogP contribution in [-0.4, -0.2) is 18.5 Å². The van der Waals surface area contributed by atoms with Crippen LogP contribution in [0.2, 0.25) is 0 Å². The summed E-state index contributed by atoms with van der Waals surface area (Å²) in [6.45, 7) is 5.36. The van der Waals surface area contributed by atoms with E-state index in [4.69, 9.17) is 11.5 Å². The van der Waals surface area contributed by atoms with Crippen LogP contribution in [0.25, 0.3) is 0 Å². The lowest BCUT2D eigenvalue weighted by Gasteiger charge is -2.39. The van der Waals surface area contributed by atoms with Crippen LogP contribution in [0.5, 0.6) is 0 Å². The van der Waals surface area contributed by atoms with Crippen molar-refractivity contribution in [2.24, 2.45) is 11.7 Å². The Morgan fingerprint density at radius 3 is 2.72 bits per heavy atom. The molecule has 4 N–H and O–H groups in total. The number of carbonyl (C=O) groups excluding carboxylic acids is 1. The lowest BCUT2D eigenvalue weighted by molar-refractivity contribution is 0.100. The highest BCUT2D eigenvalue weighted by Gasteiger charge is 2.25. The van der Waals surface area contributed by atoms with Gasteiger partial charge < -0.3 is 16.4 Å². The van der Waals surface area contributed by atoms with Crippen LogP contribution < -0.4 is 16.4 Å². The molecule has 1 aromatic rings. The number of piperidine rings is 1. The van der Waals surface area contributed by atoms with Gasteiger partial charge >= 0.3 is 0 Å². The second-order valence-corrected chi connectivity index (χ2v) is 5.32. The van der Waals surface area contributed by atoms with Gasteiger partial charge in [-0.2, -0.15) is 0 Å². The van der Waals surface area contributed by atoms with Gasteiger partial charge in [-0.1, -0.05) is 6.92 Å². The zero-order chi connectivity index (χ0) is 13.3. The molecule has 98 valence electrons. The molecule has 1 amide bonds. The van der Waals surface area contributed by atoms with Gasteiger partial charge in [-0.15, -0.1) is 0 Å². The summed E-state index contributed by atoms with van der Waals surface area (Å²) in [5.41, 5.74) is 13.4. The molecule has 2 rings (SSSR count). The fourth-order valence-electron chi connectivity index (χ4n) is 2.62. The lowest BCUT2D eigenvalue weighted by Crippen LogP contribution is -2.42. The highest BCUT2D eigenvalue weighted by molar-refractivity contribution is 5.99. The quantitative estimate of drug-likeness (QED) is 0.785. The highest BCUT2D eigenvalue weighted by atomic mass is 16.1. The zero-order valence-electron chi connectivity index (χ0n) is 11.0. The molecule has 18 heavy (non-hydrogen) atoms. The molecule has 1 saturated heterocycles. The summed E-state index contributed by atoms with van der Waals surface area (Å²) in [5.74, 6) is 0.235. The van der Waals surface area contributed by atoms with E-state index >= 15 is 0 Å². The van der Waals surface area contributed by atoms with Crippen LogP contribution in [0.3, 0.4) is 0 Å². The Bertz CT molecular complexity index is 458. The van der Waals surface area contributed by atoms with Gasteiger partial charge in [-0.05, 0) is 43.9 Å². The number of hydrogen-bond donors (Lipinski definition) is 2. The van der Waals surface area contributed by atoms with Crippen molar-refractivity contribution >= 4 is 17.3 Å². The SMILES string of the molecule is CC1CCC(C)N(c2cc(N)ccc2C(N)=O)C1. The second kappa shape index (κ2) is 4.88. The first-order chi connectivity index (χ1) is 8.49. The second-order valence-electron chi connectivity index (χ2n) is 5.32. The Morgan fingerprint density at radius 1 is 1.33 bits per heavy atom. The number of nitrogens with two attached hydrogens (primary N) is 2. The minimum Gasteiger partial charge on any atom is -0.399 e. The van der Waals surface area contributed by atoms with Crippen LogP contribution in [0.1, 0.15) is 37.0 Å². The van der Waals surface area contributed by atoms with Crippen LogP contribution in [0.4, 0.5) is 11.4 Å². The normalized spacial score (nSPS) is 24.0. The molecule has 0 bridgehead atoms. The van der Waals surface area contributed by atoms with Crippen molar-refractivity contribution in [3.05, 3.63) is 23.8 Å². The molecule has 0 spiro atoms. The molecular formula is C14H21N3O. The molecule has 2 atom stereocenters. The highest BCUT2D eigenvalue weighted by Crippen LogP contribution is 2.31. The first-order valence-electron chi connectivity index (χ1n) is 6.45. The molecule has 0 aromatic heterocycles.